The van der Waals surface area contributed by atoms with Crippen LogP contribution < -0.4 is 4.74 Å². The fraction of sp³-hybridized carbons (Fsp3) is 0.0909. The molecule has 0 radical (unpaired) electrons. The van der Waals surface area contributed by atoms with Gasteiger partial charge in [0.15, 0.2) is 0 Å². The summed E-state index contributed by atoms with van der Waals surface area (Å²) in [6.45, 7) is 0. The predicted molar refractivity (Wildman–Crippen MR) is 55.2 cm³/mol. The van der Waals surface area contributed by atoms with Gasteiger partial charge in [0.2, 0.25) is 0 Å². The monoisotopic (exact) mass is 217 g/mol. The van der Waals surface area contributed by atoms with Crippen LogP contribution in [0, 0.1) is 17.1 Å². The largest absolute Gasteiger partial charge is 0.496 e. The molecular formula is C11H8FN3O. The van der Waals surface area contributed by atoms with Crippen LogP contribution in [0.15, 0.2) is 24.4 Å². The van der Waals surface area contributed by atoms with Crippen molar-refractivity contribution in [3.8, 4) is 23.2 Å². The highest BCUT2D eigenvalue weighted by Gasteiger charge is 2.10. The molecule has 0 aliphatic carbocycles. The minimum absolute atomic E-state index is 0.321. The van der Waals surface area contributed by atoms with Crippen molar-refractivity contribution in [3.63, 3.8) is 0 Å². The van der Waals surface area contributed by atoms with E-state index >= 15 is 0 Å². The predicted octanol–water partition coefficient (Wildman–Crippen LogP) is 2.10. The van der Waals surface area contributed by atoms with Crippen LogP contribution in [0.3, 0.4) is 0 Å². The first-order valence-corrected chi connectivity index (χ1v) is 4.53. The third-order valence-electron chi connectivity index (χ3n) is 2.11. The molecule has 16 heavy (non-hydrogen) atoms. The summed E-state index contributed by atoms with van der Waals surface area (Å²) in [7, 11) is 1.49. The van der Waals surface area contributed by atoms with E-state index in [1.165, 1.54) is 31.5 Å². The zero-order valence-electron chi connectivity index (χ0n) is 8.49. The molecule has 80 valence electrons. The summed E-state index contributed by atoms with van der Waals surface area (Å²) in [5.74, 6) is 0.527. The molecule has 0 unspecified atom stereocenters. The average Bonchev–Trinajstić information content (AvgIpc) is 2.77. The summed E-state index contributed by atoms with van der Waals surface area (Å²) in [6.07, 6.45) is 1.39. The Balaban J connectivity index is 2.54. The van der Waals surface area contributed by atoms with Gasteiger partial charge in [-0.2, -0.15) is 5.26 Å². The van der Waals surface area contributed by atoms with Crippen molar-refractivity contribution in [2.75, 3.05) is 7.11 Å². The number of aromatic amines is 1. The van der Waals surface area contributed by atoms with Crippen LogP contribution in [0.25, 0.3) is 11.4 Å². The number of hydrogen-bond donors (Lipinski definition) is 1. The third kappa shape index (κ3) is 1.73. The molecule has 1 heterocycles. The minimum Gasteiger partial charge on any atom is -0.496 e. The maximum Gasteiger partial charge on any atom is 0.142 e. The molecule has 0 saturated carbocycles. The number of nitrogens with zero attached hydrogens (tertiary/aromatic N) is 2. The number of H-pyrrole nitrogens is 1. The van der Waals surface area contributed by atoms with Gasteiger partial charge in [-0.05, 0) is 18.2 Å². The Bertz CT molecular complexity index is 557. The van der Waals surface area contributed by atoms with Gasteiger partial charge in [0.1, 0.15) is 29.2 Å². The first kappa shape index (κ1) is 10.2. The lowest BCUT2D eigenvalue weighted by Crippen LogP contribution is -1.90. The Morgan fingerprint density at radius 3 is 2.94 bits per heavy atom. The molecule has 2 rings (SSSR count). The van der Waals surface area contributed by atoms with E-state index in [4.69, 9.17) is 10.00 Å². The number of imidazole rings is 1. The molecular weight excluding hydrogens is 209 g/mol. The highest BCUT2D eigenvalue weighted by atomic mass is 19.1. The summed E-state index contributed by atoms with van der Waals surface area (Å²) in [6, 6.07) is 6.04. The number of benzene rings is 1. The van der Waals surface area contributed by atoms with E-state index < -0.39 is 0 Å². The van der Waals surface area contributed by atoms with Gasteiger partial charge in [-0.3, -0.25) is 0 Å². The SMILES string of the molecule is COc1ccc(F)cc1-c1ncc(C#N)[nH]1. The first-order chi connectivity index (χ1) is 7.74. The van der Waals surface area contributed by atoms with Crippen molar-refractivity contribution in [1.29, 1.82) is 5.26 Å². The molecule has 1 N–H and O–H groups in total. The Kier molecular flexibility index (Phi) is 2.56. The van der Waals surface area contributed by atoms with Crippen LogP contribution >= 0.6 is 0 Å². The van der Waals surface area contributed by atoms with Gasteiger partial charge < -0.3 is 9.72 Å². The Hall–Kier alpha value is -2.35. The molecule has 0 amide bonds. The van der Waals surface area contributed by atoms with Crippen molar-refractivity contribution in [2.45, 2.75) is 0 Å². The number of rotatable bonds is 2. The van der Waals surface area contributed by atoms with E-state index in [1.807, 2.05) is 6.07 Å². The summed E-state index contributed by atoms with van der Waals surface area (Å²) in [5, 5.41) is 8.65. The molecule has 0 atom stereocenters. The van der Waals surface area contributed by atoms with E-state index in [2.05, 4.69) is 9.97 Å². The normalized spacial score (nSPS) is 9.81. The molecule has 1 aromatic carbocycles. The fourth-order valence-corrected chi connectivity index (χ4v) is 1.38. The molecule has 0 spiro atoms. The lowest BCUT2D eigenvalue weighted by atomic mass is 10.2. The third-order valence-corrected chi connectivity index (χ3v) is 2.11. The van der Waals surface area contributed by atoms with Gasteiger partial charge in [-0.25, -0.2) is 9.37 Å². The van der Waals surface area contributed by atoms with E-state index in [0.29, 0.717) is 22.8 Å². The van der Waals surface area contributed by atoms with Crippen LogP contribution in [0.2, 0.25) is 0 Å². The summed E-state index contributed by atoms with van der Waals surface area (Å²) in [4.78, 5) is 6.74. The van der Waals surface area contributed by atoms with Gasteiger partial charge in [-0.1, -0.05) is 0 Å². The lowest BCUT2D eigenvalue weighted by molar-refractivity contribution is 0.415. The smallest absolute Gasteiger partial charge is 0.142 e. The Morgan fingerprint density at radius 2 is 2.31 bits per heavy atom. The molecule has 0 fully saturated rings. The van der Waals surface area contributed by atoms with Crippen LogP contribution in [0.5, 0.6) is 5.75 Å². The topological polar surface area (TPSA) is 61.7 Å². The zero-order chi connectivity index (χ0) is 11.5. The first-order valence-electron chi connectivity index (χ1n) is 4.53. The standard InChI is InChI=1S/C11H8FN3O/c1-16-10-3-2-7(12)4-9(10)11-14-6-8(5-13)15-11/h2-4,6H,1H3,(H,14,15). The van der Waals surface area contributed by atoms with Crippen molar-refractivity contribution >= 4 is 0 Å². The number of nitrogens with one attached hydrogen (secondary N) is 1. The van der Waals surface area contributed by atoms with Gasteiger partial charge >= 0.3 is 0 Å². The number of halogens is 1. The molecule has 1 aromatic heterocycles. The average molecular weight is 217 g/mol. The molecule has 5 heteroatoms. The van der Waals surface area contributed by atoms with Crippen molar-refractivity contribution < 1.29 is 9.13 Å². The van der Waals surface area contributed by atoms with Gasteiger partial charge in [0.25, 0.3) is 0 Å². The van der Waals surface area contributed by atoms with Gasteiger partial charge in [0, 0.05) is 0 Å². The zero-order valence-corrected chi connectivity index (χ0v) is 8.49. The summed E-state index contributed by atoms with van der Waals surface area (Å²) in [5.41, 5.74) is 0.810. The van der Waals surface area contributed by atoms with Crippen LogP contribution in [0.1, 0.15) is 5.69 Å². The van der Waals surface area contributed by atoms with E-state index in [1.54, 1.807) is 0 Å². The van der Waals surface area contributed by atoms with Crippen molar-refractivity contribution in [3.05, 3.63) is 35.9 Å². The van der Waals surface area contributed by atoms with Gasteiger partial charge in [0.05, 0.1) is 18.9 Å². The number of nitriles is 1. The second-order valence-corrected chi connectivity index (χ2v) is 3.10. The lowest BCUT2D eigenvalue weighted by Gasteiger charge is -2.05. The number of aromatic nitrogens is 2. The number of ether oxygens (including phenoxy) is 1. The van der Waals surface area contributed by atoms with Crippen LogP contribution in [0.4, 0.5) is 4.39 Å². The summed E-state index contributed by atoms with van der Waals surface area (Å²) < 4.78 is 18.2. The quantitative estimate of drug-likeness (QED) is 0.837. The second kappa shape index (κ2) is 4.03. The minimum atomic E-state index is -0.384. The molecule has 0 aliphatic rings. The van der Waals surface area contributed by atoms with E-state index in [9.17, 15) is 4.39 Å². The maximum atomic E-state index is 13.1. The summed E-state index contributed by atoms with van der Waals surface area (Å²) >= 11 is 0. The second-order valence-electron chi connectivity index (χ2n) is 3.10. The van der Waals surface area contributed by atoms with Crippen LogP contribution in [-0.4, -0.2) is 17.1 Å². The van der Waals surface area contributed by atoms with E-state index in [0.717, 1.165) is 0 Å². The number of methoxy groups -OCH3 is 1. The highest BCUT2D eigenvalue weighted by molar-refractivity contribution is 5.64. The number of hydrogen-bond acceptors (Lipinski definition) is 3. The van der Waals surface area contributed by atoms with Crippen LogP contribution in [-0.2, 0) is 0 Å². The highest BCUT2D eigenvalue weighted by Crippen LogP contribution is 2.28. The van der Waals surface area contributed by atoms with Crippen molar-refractivity contribution in [1.82, 2.24) is 9.97 Å². The molecule has 0 saturated heterocycles. The van der Waals surface area contributed by atoms with Gasteiger partial charge in [-0.15, -0.1) is 0 Å². The Morgan fingerprint density at radius 1 is 1.50 bits per heavy atom. The molecule has 4 nitrogen and oxygen atoms in total. The Labute approximate surface area is 91.3 Å². The van der Waals surface area contributed by atoms with E-state index in [-0.39, 0.29) is 5.82 Å². The van der Waals surface area contributed by atoms with Crippen molar-refractivity contribution in [2.24, 2.45) is 0 Å². The maximum absolute atomic E-state index is 13.1. The molecule has 0 bridgehead atoms. The molecule has 2 aromatic rings. The fourth-order valence-electron chi connectivity index (χ4n) is 1.38. The molecule has 0 aliphatic heterocycles.